The lowest BCUT2D eigenvalue weighted by atomic mass is 9.83. The summed E-state index contributed by atoms with van der Waals surface area (Å²) in [6, 6.07) is 0. The van der Waals surface area contributed by atoms with Crippen molar-refractivity contribution < 1.29 is 4.79 Å². The fraction of sp³-hybridized carbons (Fsp3) is 0.733. The van der Waals surface area contributed by atoms with Gasteiger partial charge in [-0.25, -0.2) is 0 Å². The van der Waals surface area contributed by atoms with E-state index in [1.54, 1.807) is 6.20 Å². The number of aryl methyl sites for hydroxylation is 1. The van der Waals surface area contributed by atoms with Gasteiger partial charge in [-0.3, -0.25) is 14.4 Å². The van der Waals surface area contributed by atoms with E-state index in [1.807, 2.05) is 25.7 Å². The van der Waals surface area contributed by atoms with Gasteiger partial charge in [0, 0.05) is 6.54 Å². The van der Waals surface area contributed by atoms with Crippen molar-refractivity contribution in [1.29, 1.82) is 0 Å². The molecule has 0 aromatic carbocycles. The number of aromatic nitrogens is 2. The molecule has 0 saturated heterocycles. The molecular weight excluding hydrogens is 318 g/mol. The molecule has 0 atom stereocenters. The Morgan fingerprint density at radius 3 is 2.45 bits per heavy atom. The lowest BCUT2D eigenvalue weighted by Crippen LogP contribution is -2.51. The zero-order valence-corrected chi connectivity index (χ0v) is 14.2. The highest BCUT2D eigenvalue weighted by molar-refractivity contribution is 9.10. The van der Waals surface area contributed by atoms with E-state index in [9.17, 15) is 4.79 Å². The zero-order valence-electron chi connectivity index (χ0n) is 12.7. The first-order chi connectivity index (χ1) is 9.53. The second kappa shape index (κ2) is 6.39. The van der Waals surface area contributed by atoms with E-state index in [2.05, 4.69) is 25.9 Å². The fourth-order valence-corrected chi connectivity index (χ4v) is 3.72. The molecule has 1 aliphatic carbocycles. The summed E-state index contributed by atoms with van der Waals surface area (Å²) in [5.74, 6) is 0.218. The number of rotatable bonds is 4. The van der Waals surface area contributed by atoms with E-state index >= 15 is 0 Å². The summed E-state index contributed by atoms with van der Waals surface area (Å²) in [6.45, 7) is 2.74. The molecule has 0 bridgehead atoms. The predicted molar refractivity (Wildman–Crippen MR) is 84.1 cm³/mol. The maximum absolute atomic E-state index is 13.2. The van der Waals surface area contributed by atoms with Crippen LogP contribution in [-0.2, 0) is 6.54 Å². The molecular formula is C15H24BrN3O. The van der Waals surface area contributed by atoms with E-state index in [4.69, 9.17) is 0 Å². The van der Waals surface area contributed by atoms with Gasteiger partial charge in [-0.2, -0.15) is 5.10 Å². The highest BCUT2D eigenvalue weighted by Gasteiger charge is 2.43. The molecule has 0 amide bonds. The number of Topliss-reactive ketones (excluding diaryl/α,β-unsaturated/α-hetero) is 1. The molecule has 2 rings (SSSR count). The summed E-state index contributed by atoms with van der Waals surface area (Å²) in [7, 11) is 4.06. The van der Waals surface area contributed by atoms with Crippen molar-refractivity contribution in [3.05, 3.63) is 16.4 Å². The quantitative estimate of drug-likeness (QED) is 0.621. The average molecular weight is 342 g/mol. The number of hydrogen-bond acceptors (Lipinski definition) is 3. The number of carbonyl (C=O) groups is 1. The van der Waals surface area contributed by atoms with E-state index < -0.39 is 0 Å². The standard InChI is InChI=1S/C15H24BrN3O/c1-4-19-13(12(16)11-17-19)14(20)15(18(2)3)9-7-5-6-8-10-15/h11H,4-10H2,1-3H3. The molecule has 0 N–H and O–H groups in total. The Balaban J connectivity index is 2.43. The van der Waals surface area contributed by atoms with Crippen LogP contribution in [0, 0.1) is 0 Å². The highest BCUT2D eigenvalue weighted by atomic mass is 79.9. The van der Waals surface area contributed by atoms with Crippen molar-refractivity contribution >= 4 is 21.7 Å². The monoisotopic (exact) mass is 341 g/mol. The lowest BCUT2D eigenvalue weighted by molar-refractivity contribution is 0.0622. The van der Waals surface area contributed by atoms with E-state index in [0.29, 0.717) is 0 Å². The minimum Gasteiger partial charge on any atom is -0.297 e. The number of likely N-dealkylation sites (N-methyl/N-ethyl adjacent to an activating group) is 1. The summed E-state index contributed by atoms with van der Waals surface area (Å²) >= 11 is 3.50. The Morgan fingerprint density at radius 2 is 1.95 bits per heavy atom. The Morgan fingerprint density at radius 1 is 1.35 bits per heavy atom. The topological polar surface area (TPSA) is 38.1 Å². The number of halogens is 1. The third-order valence-corrected chi connectivity index (χ3v) is 5.10. The van der Waals surface area contributed by atoms with Crippen LogP contribution in [-0.4, -0.2) is 40.1 Å². The Bertz CT molecular complexity index is 473. The summed E-state index contributed by atoms with van der Waals surface area (Å²) in [6.07, 6.45) is 8.34. The molecule has 1 aliphatic rings. The average Bonchev–Trinajstić information content (AvgIpc) is 2.65. The van der Waals surface area contributed by atoms with Crippen LogP contribution in [0.2, 0.25) is 0 Å². The third-order valence-electron chi connectivity index (χ3n) is 4.52. The Kier molecular flexibility index (Phi) is 5.02. The smallest absolute Gasteiger partial charge is 0.202 e. The second-order valence-corrected chi connectivity index (χ2v) is 6.68. The van der Waals surface area contributed by atoms with Crippen LogP contribution < -0.4 is 0 Å². The molecule has 1 heterocycles. The van der Waals surface area contributed by atoms with E-state index in [0.717, 1.165) is 42.4 Å². The van der Waals surface area contributed by atoms with Crippen molar-refractivity contribution in [3.8, 4) is 0 Å². The predicted octanol–water partition coefficient (Wildman–Crippen LogP) is 3.50. The summed E-state index contributed by atoms with van der Waals surface area (Å²) < 4.78 is 2.62. The number of carbonyl (C=O) groups excluding carboxylic acids is 1. The molecule has 0 spiro atoms. The maximum atomic E-state index is 13.2. The molecule has 0 aliphatic heterocycles. The third kappa shape index (κ3) is 2.70. The van der Waals surface area contributed by atoms with Crippen molar-refractivity contribution in [2.75, 3.05) is 14.1 Å². The van der Waals surface area contributed by atoms with Gasteiger partial charge in [0.15, 0.2) is 0 Å². The van der Waals surface area contributed by atoms with Crippen LogP contribution in [0.1, 0.15) is 55.9 Å². The molecule has 112 valence electrons. The lowest BCUT2D eigenvalue weighted by Gasteiger charge is -2.38. The van der Waals surface area contributed by atoms with Crippen LogP contribution in [0.3, 0.4) is 0 Å². The Labute approximate surface area is 129 Å². The van der Waals surface area contributed by atoms with Crippen molar-refractivity contribution in [1.82, 2.24) is 14.7 Å². The highest BCUT2D eigenvalue weighted by Crippen LogP contribution is 2.35. The Hall–Kier alpha value is -0.680. The summed E-state index contributed by atoms with van der Waals surface area (Å²) in [5.41, 5.74) is 0.356. The van der Waals surface area contributed by atoms with Gasteiger partial charge < -0.3 is 0 Å². The van der Waals surface area contributed by atoms with Crippen molar-refractivity contribution in [2.45, 2.75) is 57.5 Å². The molecule has 5 heteroatoms. The van der Waals surface area contributed by atoms with Gasteiger partial charge in [0.2, 0.25) is 5.78 Å². The van der Waals surface area contributed by atoms with Crippen LogP contribution in [0.4, 0.5) is 0 Å². The van der Waals surface area contributed by atoms with E-state index in [-0.39, 0.29) is 11.3 Å². The number of ketones is 1. The molecule has 1 saturated carbocycles. The largest absolute Gasteiger partial charge is 0.297 e. The first-order valence-corrected chi connectivity index (χ1v) is 8.26. The van der Waals surface area contributed by atoms with Gasteiger partial charge in [0.25, 0.3) is 0 Å². The molecule has 20 heavy (non-hydrogen) atoms. The van der Waals surface area contributed by atoms with Gasteiger partial charge in [0.05, 0.1) is 16.2 Å². The minimum atomic E-state index is -0.369. The van der Waals surface area contributed by atoms with E-state index in [1.165, 1.54) is 12.8 Å². The number of nitrogens with zero attached hydrogens (tertiary/aromatic N) is 3. The molecule has 0 radical (unpaired) electrons. The molecule has 1 aromatic rings. The zero-order chi connectivity index (χ0) is 14.8. The van der Waals surface area contributed by atoms with Crippen LogP contribution >= 0.6 is 15.9 Å². The van der Waals surface area contributed by atoms with Crippen molar-refractivity contribution in [2.24, 2.45) is 0 Å². The maximum Gasteiger partial charge on any atom is 0.202 e. The van der Waals surface area contributed by atoms with Crippen molar-refractivity contribution in [3.63, 3.8) is 0 Å². The summed E-state index contributed by atoms with van der Waals surface area (Å²) in [5, 5.41) is 4.29. The first kappa shape index (κ1) is 15.7. The van der Waals surface area contributed by atoms with Gasteiger partial charge in [-0.05, 0) is 49.8 Å². The second-order valence-electron chi connectivity index (χ2n) is 5.83. The molecule has 0 unspecified atom stereocenters. The van der Waals surface area contributed by atoms with Crippen LogP contribution in [0.5, 0.6) is 0 Å². The van der Waals surface area contributed by atoms with Gasteiger partial charge >= 0.3 is 0 Å². The number of hydrogen-bond donors (Lipinski definition) is 0. The molecule has 1 fully saturated rings. The van der Waals surface area contributed by atoms with Gasteiger partial charge in [-0.15, -0.1) is 0 Å². The first-order valence-electron chi connectivity index (χ1n) is 7.46. The SMILES string of the molecule is CCn1ncc(Br)c1C(=O)C1(N(C)C)CCCCCC1. The van der Waals surface area contributed by atoms with Crippen LogP contribution in [0.25, 0.3) is 0 Å². The fourth-order valence-electron chi connectivity index (χ4n) is 3.24. The summed E-state index contributed by atoms with van der Waals surface area (Å²) in [4.78, 5) is 15.4. The normalized spacial score (nSPS) is 19.1. The molecule has 1 aromatic heterocycles. The molecule has 4 nitrogen and oxygen atoms in total. The van der Waals surface area contributed by atoms with Gasteiger partial charge in [-0.1, -0.05) is 25.7 Å². The minimum absolute atomic E-state index is 0.218. The van der Waals surface area contributed by atoms with Crippen LogP contribution in [0.15, 0.2) is 10.7 Å². The van der Waals surface area contributed by atoms with Gasteiger partial charge in [0.1, 0.15) is 5.69 Å².